The number of aryl methyl sites for hydroxylation is 1. The van der Waals surface area contributed by atoms with Crippen molar-refractivity contribution in [2.45, 2.75) is 19.4 Å². The molecule has 0 aliphatic carbocycles. The Labute approximate surface area is 117 Å². The minimum absolute atomic E-state index is 0.181. The second kappa shape index (κ2) is 8.16. The lowest BCUT2D eigenvalue weighted by Gasteiger charge is -2.10. The molecule has 0 radical (unpaired) electrons. The standard InChI is InChI=1S/C14H19NO5/c1-3-10-4-6-11(7-5-10)20-9-13(17)15-8-12(16)14(18)19-2/h4-7,12,16H,3,8-9H2,1-2H3,(H,15,17). The SMILES string of the molecule is CCc1ccc(OCC(=O)NCC(O)C(=O)OC)cc1. The number of carbonyl (C=O) groups excluding carboxylic acids is 2. The van der Waals surface area contributed by atoms with E-state index in [1.165, 1.54) is 5.56 Å². The predicted octanol–water partition coefficient (Wildman–Crippen LogP) is 0.278. The molecule has 1 unspecified atom stereocenters. The summed E-state index contributed by atoms with van der Waals surface area (Å²) in [5.74, 6) is -0.625. The van der Waals surface area contributed by atoms with Crippen molar-refractivity contribution < 1.29 is 24.2 Å². The van der Waals surface area contributed by atoms with Crippen LogP contribution in [0.5, 0.6) is 5.75 Å². The Morgan fingerprint density at radius 3 is 2.50 bits per heavy atom. The molecule has 0 aliphatic heterocycles. The van der Waals surface area contributed by atoms with Gasteiger partial charge in [0, 0.05) is 0 Å². The van der Waals surface area contributed by atoms with E-state index < -0.39 is 18.0 Å². The van der Waals surface area contributed by atoms with Crippen LogP contribution in [0.2, 0.25) is 0 Å². The Bertz CT molecular complexity index is 443. The van der Waals surface area contributed by atoms with Gasteiger partial charge in [-0.3, -0.25) is 4.79 Å². The largest absolute Gasteiger partial charge is 0.484 e. The van der Waals surface area contributed by atoms with Crippen LogP contribution in [0.4, 0.5) is 0 Å². The summed E-state index contributed by atoms with van der Waals surface area (Å²) in [6.07, 6.45) is -0.431. The van der Waals surface area contributed by atoms with Crippen LogP contribution in [0.3, 0.4) is 0 Å². The third-order valence-electron chi connectivity index (χ3n) is 2.67. The highest BCUT2D eigenvalue weighted by Crippen LogP contribution is 2.12. The highest BCUT2D eigenvalue weighted by atomic mass is 16.5. The summed E-state index contributed by atoms with van der Waals surface area (Å²) in [5, 5.41) is 11.7. The fourth-order valence-electron chi connectivity index (χ4n) is 1.45. The van der Waals surface area contributed by atoms with Crippen molar-refractivity contribution in [3.63, 3.8) is 0 Å². The van der Waals surface area contributed by atoms with Crippen LogP contribution in [0.1, 0.15) is 12.5 Å². The minimum atomic E-state index is -1.37. The maximum atomic E-state index is 11.5. The third kappa shape index (κ3) is 5.27. The molecular formula is C14H19NO5. The van der Waals surface area contributed by atoms with Gasteiger partial charge in [-0.15, -0.1) is 0 Å². The molecule has 0 saturated carbocycles. The van der Waals surface area contributed by atoms with Crippen molar-refractivity contribution in [3.8, 4) is 5.75 Å². The molecule has 1 rings (SSSR count). The highest BCUT2D eigenvalue weighted by Gasteiger charge is 2.16. The molecule has 6 heteroatoms. The molecule has 0 aliphatic rings. The summed E-state index contributed by atoms with van der Waals surface area (Å²) >= 11 is 0. The molecule has 0 spiro atoms. The number of ether oxygens (including phenoxy) is 2. The number of carbonyl (C=O) groups is 2. The topological polar surface area (TPSA) is 84.9 Å². The number of rotatable bonds is 7. The van der Waals surface area contributed by atoms with Crippen LogP contribution in [0.15, 0.2) is 24.3 Å². The fraction of sp³-hybridized carbons (Fsp3) is 0.429. The van der Waals surface area contributed by atoms with Gasteiger partial charge in [0.05, 0.1) is 13.7 Å². The Hall–Kier alpha value is -2.08. The summed E-state index contributed by atoms with van der Waals surface area (Å²) in [7, 11) is 1.16. The van der Waals surface area contributed by atoms with Gasteiger partial charge < -0.3 is 19.9 Å². The maximum Gasteiger partial charge on any atom is 0.336 e. The first kappa shape index (κ1) is 16.0. The lowest BCUT2D eigenvalue weighted by atomic mass is 10.2. The van der Waals surface area contributed by atoms with Gasteiger partial charge in [-0.05, 0) is 24.1 Å². The van der Waals surface area contributed by atoms with Crippen molar-refractivity contribution >= 4 is 11.9 Å². The molecule has 1 aromatic carbocycles. The molecule has 1 amide bonds. The van der Waals surface area contributed by atoms with Gasteiger partial charge in [0.2, 0.25) is 0 Å². The fourth-order valence-corrected chi connectivity index (χ4v) is 1.45. The summed E-state index contributed by atoms with van der Waals surface area (Å²) in [4.78, 5) is 22.4. The van der Waals surface area contributed by atoms with Gasteiger partial charge >= 0.3 is 5.97 Å². The molecule has 0 aromatic heterocycles. The summed E-state index contributed by atoms with van der Waals surface area (Å²) < 4.78 is 9.60. The summed E-state index contributed by atoms with van der Waals surface area (Å²) in [5.41, 5.74) is 1.18. The smallest absolute Gasteiger partial charge is 0.336 e. The van der Waals surface area contributed by atoms with Gasteiger partial charge in [0.25, 0.3) is 5.91 Å². The van der Waals surface area contributed by atoms with Crippen molar-refractivity contribution in [1.29, 1.82) is 0 Å². The second-order valence-corrected chi connectivity index (χ2v) is 4.13. The number of nitrogens with one attached hydrogen (secondary N) is 1. The zero-order valence-corrected chi connectivity index (χ0v) is 11.6. The second-order valence-electron chi connectivity index (χ2n) is 4.13. The Morgan fingerprint density at radius 1 is 1.30 bits per heavy atom. The van der Waals surface area contributed by atoms with Crippen LogP contribution in [0, 0.1) is 0 Å². The normalized spacial score (nSPS) is 11.6. The van der Waals surface area contributed by atoms with Gasteiger partial charge in [-0.2, -0.15) is 0 Å². The van der Waals surface area contributed by atoms with Crippen LogP contribution in [0.25, 0.3) is 0 Å². The van der Waals surface area contributed by atoms with E-state index in [-0.39, 0.29) is 13.2 Å². The third-order valence-corrected chi connectivity index (χ3v) is 2.67. The van der Waals surface area contributed by atoms with Crippen LogP contribution >= 0.6 is 0 Å². The summed E-state index contributed by atoms with van der Waals surface area (Å²) in [6.45, 7) is 1.67. The van der Waals surface area contributed by atoms with E-state index in [0.29, 0.717) is 5.75 Å². The predicted molar refractivity (Wildman–Crippen MR) is 72.3 cm³/mol. The number of hydrogen-bond donors (Lipinski definition) is 2. The van der Waals surface area contributed by atoms with Crippen LogP contribution in [-0.4, -0.2) is 43.3 Å². The first-order valence-corrected chi connectivity index (χ1v) is 6.31. The Balaban J connectivity index is 2.30. The molecule has 2 N–H and O–H groups in total. The lowest BCUT2D eigenvalue weighted by Crippen LogP contribution is -2.39. The first-order valence-electron chi connectivity index (χ1n) is 6.31. The Morgan fingerprint density at radius 2 is 1.95 bits per heavy atom. The van der Waals surface area contributed by atoms with E-state index in [0.717, 1.165) is 13.5 Å². The maximum absolute atomic E-state index is 11.5. The Kier molecular flexibility index (Phi) is 6.52. The van der Waals surface area contributed by atoms with E-state index in [9.17, 15) is 14.7 Å². The molecule has 0 fully saturated rings. The van der Waals surface area contributed by atoms with E-state index in [1.807, 2.05) is 12.1 Å². The quantitative estimate of drug-likeness (QED) is 0.701. The number of benzene rings is 1. The van der Waals surface area contributed by atoms with Gasteiger partial charge in [0.1, 0.15) is 5.75 Å². The van der Waals surface area contributed by atoms with Crippen molar-refractivity contribution in [1.82, 2.24) is 5.32 Å². The van der Waals surface area contributed by atoms with Crippen molar-refractivity contribution in [3.05, 3.63) is 29.8 Å². The molecular weight excluding hydrogens is 262 g/mol. The van der Waals surface area contributed by atoms with Gasteiger partial charge in [-0.25, -0.2) is 4.79 Å². The zero-order valence-electron chi connectivity index (χ0n) is 11.6. The summed E-state index contributed by atoms with van der Waals surface area (Å²) in [6, 6.07) is 7.42. The first-order chi connectivity index (χ1) is 9.56. The number of aliphatic hydroxyl groups excluding tert-OH is 1. The number of aliphatic hydroxyl groups is 1. The van der Waals surface area contributed by atoms with Crippen LogP contribution in [-0.2, 0) is 20.7 Å². The van der Waals surface area contributed by atoms with Gasteiger partial charge in [-0.1, -0.05) is 19.1 Å². The molecule has 1 aromatic rings. The molecule has 0 saturated heterocycles. The lowest BCUT2D eigenvalue weighted by molar-refractivity contribution is -0.150. The van der Waals surface area contributed by atoms with Crippen LogP contribution < -0.4 is 10.1 Å². The number of esters is 1. The average molecular weight is 281 g/mol. The number of hydrogen-bond acceptors (Lipinski definition) is 5. The molecule has 20 heavy (non-hydrogen) atoms. The molecule has 6 nitrogen and oxygen atoms in total. The zero-order chi connectivity index (χ0) is 15.0. The number of amides is 1. The molecule has 0 bridgehead atoms. The van der Waals surface area contributed by atoms with E-state index in [2.05, 4.69) is 17.0 Å². The monoisotopic (exact) mass is 281 g/mol. The van der Waals surface area contributed by atoms with Gasteiger partial charge in [0.15, 0.2) is 12.7 Å². The van der Waals surface area contributed by atoms with Crippen molar-refractivity contribution in [2.75, 3.05) is 20.3 Å². The van der Waals surface area contributed by atoms with Crippen molar-refractivity contribution in [2.24, 2.45) is 0 Å². The van der Waals surface area contributed by atoms with E-state index in [1.54, 1.807) is 12.1 Å². The van der Waals surface area contributed by atoms with E-state index >= 15 is 0 Å². The molecule has 1 atom stereocenters. The number of methoxy groups -OCH3 is 1. The minimum Gasteiger partial charge on any atom is -0.484 e. The van der Waals surface area contributed by atoms with E-state index in [4.69, 9.17) is 4.74 Å². The molecule has 110 valence electrons. The average Bonchev–Trinajstić information content (AvgIpc) is 2.50. The highest BCUT2D eigenvalue weighted by molar-refractivity contribution is 5.79. The molecule has 0 heterocycles.